The van der Waals surface area contributed by atoms with Gasteiger partial charge < -0.3 is 20.5 Å². The van der Waals surface area contributed by atoms with Crippen molar-refractivity contribution in [2.24, 2.45) is 5.41 Å². The molecule has 206 valence electrons. The van der Waals surface area contributed by atoms with Crippen LogP contribution in [0.4, 0.5) is 4.79 Å². The largest absolute Gasteiger partial charge is 0.480 e. The highest BCUT2D eigenvalue weighted by Gasteiger charge is 2.35. The van der Waals surface area contributed by atoms with Gasteiger partial charge in [0.15, 0.2) is 11.6 Å². The number of amides is 1. The first kappa shape index (κ1) is 28.2. The van der Waals surface area contributed by atoms with Gasteiger partial charge in [0.2, 0.25) is 0 Å². The third-order valence-electron chi connectivity index (χ3n) is 7.38. The van der Waals surface area contributed by atoms with Crippen molar-refractivity contribution in [1.82, 2.24) is 10.6 Å². The maximum atomic E-state index is 12.3. The Morgan fingerprint density at radius 3 is 2.18 bits per heavy atom. The van der Waals surface area contributed by atoms with Crippen LogP contribution in [0.25, 0.3) is 11.1 Å². The molecule has 0 radical (unpaired) electrons. The molecule has 2 aromatic carbocycles. The molecule has 4 rings (SSSR count). The molecule has 1 atom stereocenters. The number of nitrogens with one attached hydrogen (secondary N) is 2. The van der Waals surface area contributed by atoms with E-state index in [0.29, 0.717) is 38.6 Å². The number of carbonyl (C=O) groups excluding carboxylic acids is 3. The van der Waals surface area contributed by atoms with Crippen LogP contribution in [0, 0.1) is 5.41 Å². The van der Waals surface area contributed by atoms with Crippen LogP contribution in [0.15, 0.2) is 60.2 Å². The predicted octanol–water partition coefficient (Wildman–Crippen LogP) is 4.62. The van der Waals surface area contributed by atoms with Crippen LogP contribution in [0.2, 0.25) is 0 Å². The van der Waals surface area contributed by atoms with Crippen LogP contribution in [-0.4, -0.2) is 54.5 Å². The van der Waals surface area contributed by atoms with E-state index in [2.05, 4.69) is 34.9 Å². The van der Waals surface area contributed by atoms with Gasteiger partial charge >= 0.3 is 12.1 Å². The molecular formula is C31H36N2O6. The number of hydrogen-bond acceptors (Lipinski definition) is 6. The molecule has 0 aromatic heterocycles. The highest BCUT2D eigenvalue weighted by Crippen LogP contribution is 2.44. The Morgan fingerprint density at radius 2 is 1.59 bits per heavy atom. The molecular weight excluding hydrogens is 496 g/mol. The lowest BCUT2D eigenvalue weighted by Gasteiger charge is -2.28. The van der Waals surface area contributed by atoms with E-state index in [1.807, 2.05) is 38.1 Å². The molecule has 2 aromatic rings. The quantitative estimate of drug-likeness (QED) is 0.219. The lowest BCUT2D eigenvalue weighted by Crippen LogP contribution is -2.38. The first-order valence-corrected chi connectivity index (χ1v) is 13.5. The fourth-order valence-corrected chi connectivity index (χ4v) is 5.43. The summed E-state index contributed by atoms with van der Waals surface area (Å²) in [5.74, 6) is -1.39. The number of Topliss-reactive ketones (excluding diaryl/α,β-unsaturated/α-hetero) is 2. The van der Waals surface area contributed by atoms with Gasteiger partial charge in [-0.05, 0) is 46.9 Å². The number of fused-ring (bicyclic) bond motifs is 3. The second kappa shape index (κ2) is 12.4. The van der Waals surface area contributed by atoms with Gasteiger partial charge in [-0.2, -0.15) is 0 Å². The van der Waals surface area contributed by atoms with Crippen molar-refractivity contribution in [3.8, 4) is 11.1 Å². The van der Waals surface area contributed by atoms with Crippen LogP contribution in [-0.2, 0) is 19.1 Å². The molecule has 8 nitrogen and oxygen atoms in total. The summed E-state index contributed by atoms with van der Waals surface area (Å²) in [6, 6.07) is 15.5. The molecule has 1 saturated carbocycles. The molecule has 2 aliphatic carbocycles. The maximum absolute atomic E-state index is 12.3. The highest BCUT2D eigenvalue weighted by molar-refractivity contribution is 6.22. The van der Waals surface area contributed by atoms with E-state index in [4.69, 9.17) is 4.74 Å². The lowest BCUT2D eigenvalue weighted by molar-refractivity contribution is -0.139. The Labute approximate surface area is 228 Å². The molecule has 8 heteroatoms. The Morgan fingerprint density at radius 1 is 1.00 bits per heavy atom. The number of unbranched alkanes of at least 4 members (excludes halogenated alkanes) is 1. The molecule has 0 aliphatic heterocycles. The molecule has 0 spiro atoms. The molecule has 3 N–H and O–H groups in total. The van der Waals surface area contributed by atoms with Crippen molar-refractivity contribution < 1.29 is 29.0 Å². The Kier molecular flexibility index (Phi) is 8.97. The maximum Gasteiger partial charge on any atom is 0.407 e. The standard InChI is InChI=1S/C31H36N2O6/c1-31(2)17-27(34)24(28(35)18-31)14-16-32-26(29(36)37)13-7-8-15-33-30(38)39-19-25-22-11-5-3-9-20(22)21-10-4-6-12-23(21)25/h3-6,9-12,14,25-26,32H,7-8,13,15-19H2,1-2H3,(H,33,38)(H,36,37)/t26-/m0/s1. The molecule has 2 aliphatic rings. The summed E-state index contributed by atoms with van der Waals surface area (Å²) in [4.78, 5) is 48.5. The number of alkyl carbamates (subject to hydrolysis) is 1. The zero-order valence-electron chi connectivity index (χ0n) is 22.5. The van der Waals surface area contributed by atoms with Gasteiger partial charge in [-0.3, -0.25) is 14.4 Å². The number of hydrogen-bond donors (Lipinski definition) is 3. The summed E-state index contributed by atoms with van der Waals surface area (Å²) < 4.78 is 5.53. The predicted molar refractivity (Wildman–Crippen MR) is 147 cm³/mol. The summed E-state index contributed by atoms with van der Waals surface area (Å²) in [6.45, 7) is 4.51. The van der Waals surface area contributed by atoms with Crippen LogP contribution in [0.3, 0.4) is 0 Å². The zero-order valence-corrected chi connectivity index (χ0v) is 22.5. The minimum atomic E-state index is -1.000. The Hall–Kier alpha value is -3.78. The minimum absolute atomic E-state index is 0.00814. The molecule has 1 amide bonds. The third-order valence-corrected chi connectivity index (χ3v) is 7.38. The summed E-state index contributed by atoms with van der Waals surface area (Å²) in [5.41, 5.74) is 4.46. The Bertz CT molecular complexity index is 1210. The van der Waals surface area contributed by atoms with E-state index >= 15 is 0 Å². The van der Waals surface area contributed by atoms with E-state index in [0.717, 1.165) is 11.1 Å². The van der Waals surface area contributed by atoms with Gasteiger partial charge in [-0.25, -0.2) is 4.79 Å². The van der Waals surface area contributed by atoms with Crippen molar-refractivity contribution in [3.05, 3.63) is 71.3 Å². The fraction of sp³-hybridized carbons (Fsp3) is 0.419. The number of allylic oxidation sites excluding steroid dienone is 1. The number of carbonyl (C=O) groups is 4. The highest BCUT2D eigenvalue weighted by atomic mass is 16.5. The molecule has 0 heterocycles. The third kappa shape index (κ3) is 7.00. The smallest absolute Gasteiger partial charge is 0.407 e. The van der Waals surface area contributed by atoms with E-state index in [-0.39, 0.29) is 41.6 Å². The molecule has 0 bridgehead atoms. The van der Waals surface area contributed by atoms with Gasteiger partial charge in [0, 0.05) is 31.8 Å². The lowest BCUT2D eigenvalue weighted by atomic mass is 9.74. The van der Waals surface area contributed by atoms with Crippen LogP contribution in [0.1, 0.15) is 63.0 Å². The average molecular weight is 533 g/mol. The fourth-order valence-electron chi connectivity index (χ4n) is 5.43. The second-order valence-electron chi connectivity index (χ2n) is 11.0. The normalized spacial score (nSPS) is 16.8. The molecule has 0 saturated heterocycles. The van der Waals surface area contributed by atoms with Crippen molar-refractivity contribution in [1.29, 1.82) is 0 Å². The minimum Gasteiger partial charge on any atom is -0.480 e. The van der Waals surface area contributed by atoms with Crippen molar-refractivity contribution in [3.63, 3.8) is 0 Å². The number of ether oxygens (including phenoxy) is 1. The number of carboxylic acids is 1. The topological polar surface area (TPSA) is 122 Å². The van der Waals surface area contributed by atoms with E-state index in [1.54, 1.807) is 0 Å². The van der Waals surface area contributed by atoms with Gasteiger partial charge in [0.1, 0.15) is 12.6 Å². The summed E-state index contributed by atoms with van der Waals surface area (Å²) in [5, 5.41) is 15.2. The number of benzene rings is 2. The second-order valence-corrected chi connectivity index (χ2v) is 11.0. The molecule has 1 fully saturated rings. The average Bonchev–Trinajstić information content (AvgIpc) is 3.20. The number of rotatable bonds is 11. The number of ketones is 2. The van der Waals surface area contributed by atoms with Crippen molar-refractivity contribution >= 4 is 23.6 Å². The monoisotopic (exact) mass is 532 g/mol. The molecule has 0 unspecified atom stereocenters. The van der Waals surface area contributed by atoms with Crippen molar-refractivity contribution in [2.75, 3.05) is 19.7 Å². The zero-order chi connectivity index (χ0) is 28.0. The van der Waals surface area contributed by atoms with Gasteiger partial charge in [0.25, 0.3) is 0 Å². The summed E-state index contributed by atoms with van der Waals surface area (Å²) in [6.07, 6.45) is 3.13. The SMILES string of the molecule is CC1(C)CC(=O)C(=CCN[C@@H](CCCCNC(=O)OCC2c3ccccc3-c3ccccc32)C(=O)O)C(=O)C1. The van der Waals surface area contributed by atoms with Gasteiger partial charge in [0.05, 0.1) is 5.57 Å². The van der Waals surface area contributed by atoms with E-state index < -0.39 is 18.1 Å². The van der Waals surface area contributed by atoms with E-state index in [1.165, 1.54) is 17.2 Å². The molecule has 39 heavy (non-hydrogen) atoms. The number of aliphatic carboxylic acids is 1. The van der Waals surface area contributed by atoms with Crippen molar-refractivity contribution in [2.45, 2.75) is 57.9 Å². The Balaban J connectivity index is 1.17. The van der Waals surface area contributed by atoms with Gasteiger partial charge in [-0.15, -0.1) is 0 Å². The summed E-state index contributed by atoms with van der Waals surface area (Å²) in [7, 11) is 0. The first-order chi connectivity index (χ1) is 18.7. The van der Waals surface area contributed by atoms with E-state index in [9.17, 15) is 24.3 Å². The van der Waals surface area contributed by atoms with Crippen LogP contribution in [0.5, 0.6) is 0 Å². The van der Waals surface area contributed by atoms with Crippen LogP contribution >= 0.6 is 0 Å². The first-order valence-electron chi connectivity index (χ1n) is 13.5. The van der Waals surface area contributed by atoms with Crippen LogP contribution < -0.4 is 10.6 Å². The van der Waals surface area contributed by atoms with Gasteiger partial charge in [-0.1, -0.05) is 68.5 Å². The number of carboxylic acid groups (broad SMARTS) is 1. The summed E-state index contributed by atoms with van der Waals surface area (Å²) >= 11 is 0.